The largest absolute Gasteiger partial charge is 0.457 e. The molecule has 0 heterocycles. The van der Waals surface area contributed by atoms with Gasteiger partial charge in [0.15, 0.2) is 0 Å². The zero-order chi connectivity index (χ0) is 8.58. The first-order valence-electron chi connectivity index (χ1n) is 1.92. The van der Waals surface area contributed by atoms with Crippen LogP contribution in [0.1, 0.15) is 0 Å². The van der Waals surface area contributed by atoms with Gasteiger partial charge < -0.3 is 0 Å². The highest BCUT2D eigenvalue weighted by atomic mass is 35.5. The quantitative estimate of drug-likeness (QED) is 0.436. The average molecular weight is 186 g/mol. The summed E-state index contributed by atoms with van der Waals surface area (Å²) in [7, 11) is 0. The lowest BCUT2D eigenvalue weighted by molar-refractivity contribution is -0.292. The number of halogens is 7. The molecule has 10 heavy (non-hydrogen) atoms. The smallest absolute Gasteiger partial charge is 0.223 e. The van der Waals surface area contributed by atoms with E-state index in [1.165, 1.54) is 0 Å². The molecule has 0 aliphatic carbocycles. The van der Waals surface area contributed by atoms with Crippen LogP contribution in [0.5, 0.6) is 0 Å². The zero-order valence-corrected chi connectivity index (χ0v) is 4.98. The molecule has 62 valence electrons. The Morgan fingerprint density at radius 2 is 1.30 bits per heavy atom. The molecule has 0 aliphatic heterocycles. The maximum absolute atomic E-state index is 11.4. The van der Waals surface area contributed by atoms with Gasteiger partial charge in [0.25, 0.3) is 0 Å². The van der Waals surface area contributed by atoms with Crippen molar-refractivity contribution in [2.45, 2.75) is 17.7 Å². The predicted octanol–water partition coefficient (Wildman–Crippen LogP) is 2.72. The summed E-state index contributed by atoms with van der Waals surface area (Å²) in [4.78, 5) is 0. The highest BCUT2D eigenvalue weighted by Crippen LogP contribution is 2.40. The lowest BCUT2D eigenvalue weighted by Crippen LogP contribution is -2.42. The van der Waals surface area contributed by atoms with Gasteiger partial charge in [0, 0.05) is 0 Å². The normalized spacial score (nSPS) is 17.1. The lowest BCUT2D eigenvalue weighted by Gasteiger charge is -2.18. The Morgan fingerprint density at radius 1 is 1.00 bits per heavy atom. The summed E-state index contributed by atoms with van der Waals surface area (Å²) < 4.78 is 67.1. The van der Waals surface area contributed by atoms with Gasteiger partial charge in [-0.15, -0.1) is 0 Å². The summed E-state index contributed by atoms with van der Waals surface area (Å²) in [5.74, 6) is -5.46. The Hall–Kier alpha value is -0.130. The van der Waals surface area contributed by atoms with Crippen LogP contribution in [0.3, 0.4) is 0 Å². The van der Waals surface area contributed by atoms with Crippen molar-refractivity contribution >= 4 is 11.6 Å². The van der Waals surface area contributed by atoms with Gasteiger partial charge in [0.2, 0.25) is 5.63 Å². The second kappa shape index (κ2) is 2.48. The second-order valence-corrected chi connectivity index (χ2v) is 1.80. The van der Waals surface area contributed by atoms with Crippen molar-refractivity contribution in [2.24, 2.45) is 0 Å². The summed E-state index contributed by atoms with van der Waals surface area (Å²) in [5.41, 5.74) is -3.73. The maximum Gasteiger partial charge on any atom is 0.457 e. The van der Waals surface area contributed by atoms with Gasteiger partial charge in [-0.3, -0.25) is 0 Å². The van der Waals surface area contributed by atoms with Gasteiger partial charge in [-0.05, 0) is 0 Å². The molecular formula is C3HClF6. The van der Waals surface area contributed by atoms with Crippen molar-refractivity contribution in [2.75, 3.05) is 0 Å². The number of rotatable bonds is 1. The molecule has 0 saturated heterocycles. The molecule has 0 radical (unpaired) electrons. The van der Waals surface area contributed by atoms with Crippen molar-refractivity contribution in [3.8, 4) is 0 Å². The van der Waals surface area contributed by atoms with E-state index >= 15 is 0 Å². The second-order valence-electron chi connectivity index (χ2n) is 1.42. The fraction of sp³-hybridized carbons (Fsp3) is 1.00. The molecule has 0 aromatic carbocycles. The van der Waals surface area contributed by atoms with E-state index in [2.05, 4.69) is 11.6 Å². The highest BCUT2D eigenvalue weighted by molar-refractivity contribution is 6.20. The summed E-state index contributed by atoms with van der Waals surface area (Å²) >= 11 is 3.92. The van der Waals surface area contributed by atoms with Gasteiger partial charge in [-0.25, -0.2) is 4.39 Å². The Morgan fingerprint density at radius 3 is 1.30 bits per heavy atom. The Kier molecular flexibility index (Phi) is 2.45. The molecule has 0 amide bonds. The average Bonchev–Trinajstić information content (AvgIpc) is 1.62. The Bertz CT molecular complexity index is 115. The summed E-state index contributed by atoms with van der Waals surface area (Å²) in [6, 6.07) is 0. The summed E-state index contributed by atoms with van der Waals surface area (Å²) in [6.45, 7) is 0. The number of hydrogen-bond donors (Lipinski definition) is 0. The van der Waals surface area contributed by atoms with Crippen molar-refractivity contribution in [1.82, 2.24) is 0 Å². The minimum absolute atomic E-state index is 3.73. The fourth-order valence-corrected chi connectivity index (χ4v) is 0.247. The van der Waals surface area contributed by atoms with Gasteiger partial charge in [0.1, 0.15) is 0 Å². The first kappa shape index (κ1) is 9.87. The molecule has 7 heteroatoms. The monoisotopic (exact) mass is 186 g/mol. The molecule has 0 bridgehead atoms. The first-order valence-corrected chi connectivity index (χ1v) is 2.36. The van der Waals surface area contributed by atoms with Gasteiger partial charge in [0.05, 0.1) is 0 Å². The summed E-state index contributed by atoms with van der Waals surface area (Å²) in [6.07, 6.45) is -5.92. The minimum Gasteiger partial charge on any atom is -0.223 e. The van der Waals surface area contributed by atoms with E-state index < -0.39 is 17.7 Å². The molecular weight excluding hydrogens is 185 g/mol. The third kappa shape index (κ3) is 1.68. The summed E-state index contributed by atoms with van der Waals surface area (Å²) in [5, 5.41) is 0. The third-order valence-corrected chi connectivity index (χ3v) is 0.926. The lowest BCUT2D eigenvalue weighted by atomic mass is 10.4. The van der Waals surface area contributed by atoms with Gasteiger partial charge >= 0.3 is 12.1 Å². The van der Waals surface area contributed by atoms with Crippen molar-refractivity contribution in [3.05, 3.63) is 0 Å². The van der Waals surface area contributed by atoms with Gasteiger partial charge in [-0.2, -0.15) is 22.0 Å². The molecule has 0 spiro atoms. The van der Waals surface area contributed by atoms with Crippen LogP contribution in [0.2, 0.25) is 0 Å². The van der Waals surface area contributed by atoms with E-state index in [0.717, 1.165) is 0 Å². The van der Waals surface area contributed by atoms with Crippen molar-refractivity contribution in [3.63, 3.8) is 0 Å². The maximum atomic E-state index is 11.4. The van der Waals surface area contributed by atoms with Crippen LogP contribution >= 0.6 is 11.6 Å². The van der Waals surface area contributed by atoms with E-state index in [1.54, 1.807) is 0 Å². The molecule has 0 aromatic heterocycles. The van der Waals surface area contributed by atoms with Crippen LogP contribution in [0.4, 0.5) is 26.3 Å². The third-order valence-electron chi connectivity index (χ3n) is 0.652. The van der Waals surface area contributed by atoms with E-state index in [0.29, 0.717) is 0 Å². The fourth-order valence-electron chi connectivity index (χ4n) is 0.124. The van der Waals surface area contributed by atoms with Crippen LogP contribution in [-0.2, 0) is 0 Å². The molecule has 0 fully saturated rings. The van der Waals surface area contributed by atoms with Crippen LogP contribution in [-0.4, -0.2) is 17.7 Å². The standard InChI is InChI=1S/C3HClF6/c4-1(5)2(6,7)3(8,9)10/h1H. The predicted molar refractivity (Wildman–Crippen MR) is 21.8 cm³/mol. The van der Waals surface area contributed by atoms with E-state index in [9.17, 15) is 26.3 Å². The number of alkyl halides is 7. The molecule has 0 aliphatic rings. The Labute approximate surface area is 56.8 Å². The molecule has 0 nitrogen and oxygen atoms in total. The van der Waals surface area contributed by atoms with Crippen LogP contribution < -0.4 is 0 Å². The highest BCUT2D eigenvalue weighted by Gasteiger charge is 2.63. The molecule has 1 unspecified atom stereocenters. The van der Waals surface area contributed by atoms with E-state index in [1.807, 2.05) is 0 Å². The minimum atomic E-state index is -5.92. The van der Waals surface area contributed by atoms with Gasteiger partial charge in [-0.1, -0.05) is 11.6 Å². The van der Waals surface area contributed by atoms with Crippen molar-refractivity contribution < 1.29 is 26.3 Å². The number of hydrogen-bond acceptors (Lipinski definition) is 0. The zero-order valence-electron chi connectivity index (χ0n) is 4.22. The molecule has 1 atom stereocenters. The van der Waals surface area contributed by atoms with E-state index in [4.69, 9.17) is 0 Å². The SMILES string of the molecule is FC(Cl)C(F)(F)C(F)(F)F. The first-order chi connectivity index (χ1) is 4.19. The Balaban J connectivity index is 4.40. The molecule has 0 saturated carbocycles. The topological polar surface area (TPSA) is 0 Å². The van der Waals surface area contributed by atoms with Crippen LogP contribution in [0, 0.1) is 0 Å². The molecule has 0 aromatic rings. The molecule has 0 rings (SSSR count). The van der Waals surface area contributed by atoms with Crippen LogP contribution in [0.15, 0.2) is 0 Å². The molecule has 0 N–H and O–H groups in total. The van der Waals surface area contributed by atoms with E-state index in [-0.39, 0.29) is 0 Å². The van der Waals surface area contributed by atoms with Crippen molar-refractivity contribution in [1.29, 1.82) is 0 Å². The van der Waals surface area contributed by atoms with Crippen LogP contribution in [0.25, 0.3) is 0 Å².